The number of hydrogen-bond donors (Lipinski definition) is 1. The Kier molecular flexibility index (Phi) is 11.7. The smallest absolute Gasteiger partial charge is 0.244 e. The topological polar surface area (TPSA) is 86.8 Å². The van der Waals surface area contributed by atoms with Gasteiger partial charge in [-0.3, -0.25) is 13.9 Å². The molecule has 0 aromatic heterocycles. The molecule has 3 rings (SSSR count). The molecule has 0 saturated carbocycles. The summed E-state index contributed by atoms with van der Waals surface area (Å²) in [4.78, 5) is 29.0. The van der Waals surface area contributed by atoms with Gasteiger partial charge >= 0.3 is 0 Å². The van der Waals surface area contributed by atoms with Crippen LogP contribution in [-0.2, 0) is 32.6 Å². The minimum atomic E-state index is -3.97. The van der Waals surface area contributed by atoms with Gasteiger partial charge in [-0.05, 0) is 47.9 Å². The Bertz CT molecular complexity index is 1420. The highest BCUT2D eigenvalue weighted by atomic mass is 35.5. The lowest BCUT2D eigenvalue weighted by atomic mass is 10.0. The molecule has 2 amide bonds. The summed E-state index contributed by atoms with van der Waals surface area (Å²) < 4.78 is 26.7. The largest absolute Gasteiger partial charge is 0.354 e. The van der Waals surface area contributed by atoms with E-state index >= 15 is 0 Å². The Morgan fingerprint density at radius 3 is 2.23 bits per heavy atom. The number of anilines is 1. The van der Waals surface area contributed by atoms with E-state index in [0.29, 0.717) is 17.1 Å². The molecule has 0 aliphatic rings. The molecule has 7 nitrogen and oxygen atoms in total. The number of carbonyl (C=O) groups excluding carboxylic acids is 2. The number of carbonyl (C=O) groups is 2. The summed E-state index contributed by atoms with van der Waals surface area (Å²) >= 11 is 18.7. The van der Waals surface area contributed by atoms with Gasteiger partial charge in [-0.15, -0.1) is 0 Å². The predicted molar refractivity (Wildman–Crippen MR) is 163 cm³/mol. The molecule has 1 atom stereocenters. The minimum absolute atomic E-state index is 0.0268. The summed E-state index contributed by atoms with van der Waals surface area (Å²) in [6.45, 7) is 1.91. The van der Waals surface area contributed by atoms with Gasteiger partial charge < -0.3 is 10.2 Å². The Labute approximate surface area is 251 Å². The number of sulfonamides is 1. The molecule has 0 saturated heterocycles. The molecule has 0 bridgehead atoms. The Balaban J connectivity index is 2.06. The molecule has 1 N–H and O–H groups in total. The highest BCUT2D eigenvalue weighted by Gasteiger charge is 2.33. The van der Waals surface area contributed by atoms with E-state index in [-0.39, 0.29) is 34.6 Å². The third-order valence-electron chi connectivity index (χ3n) is 6.20. The van der Waals surface area contributed by atoms with Crippen molar-refractivity contribution in [1.29, 1.82) is 0 Å². The normalized spacial score (nSPS) is 12.0. The Hall–Kier alpha value is -2.78. The number of amides is 2. The van der Waals surface area contributed by atoms with E-state index in [2.05, 4.69) is 5.32 Å². The van der Waals surface area contributed by atoms with Crippen LogP contribution >= 0.6 is 34.8 Å². The van der Waals surface area contributed by atoms with Crippen molar-refractivity contribution >= 4 is 62.3 Å². The monoisotopic (exact) mass is 623 g/mol. The van der Waals surface area contributed by atoms with Crippen LogP contribution in [0.25, 0.3) is 0 Å². The van der Waals surface area contributed by atoms with Crippen LogP contribution in [0.2, 0.25) is 15.1 Å². The molecule has 214 valence electrons. The van der Waals surface area contributed by atoms with Crippen molar-refractivity contribution in [3.05, 3.63) is 99.0 Å². The fourth-order valence-corrected chi connectivity index (χ4v) is 5.67. The third kappa shape index (κ3) is 9.13. The van der Waals surface area contributed by atoms with E-state index in [0.717, 1.165) is 29.0 Å². The van der Waals surface area contributed by atoms with Gasteiger partial charge in [0.05, 0.1) is 17.0 Å². The van der Waals surface area contributed by atoms with Crippen LogP contribution in [0.3, 0.4) is 0 Å². The molecule has 0 spiro atoms. The zero-order chi connectivity index (χ0) is 29.3. The Morgan fingerprint density at radius 1 is 0.900 bits per heavy atom. The molecule has 11 heteroatoms. The average Bonchev–Trinajstić information content (AvgIpc) is 2.90. The zero-order valence-electron chi connectivity index (χ0n) is 22.3. The predicted octanol–water partition coefficient (Wildman–Crippen LogP) is 5.97. The zero-order valence-corrected chi connectivity index (χ0v) is 25.4. The molecule has 0 heterocycles. The molecule has 0 aliphatic carbocycles. The molecular formula is C29H32Cl3N3O4S. The summed E-state index contributed by atoms with van der Waals surface area (Å²) in [6, 6.07) is 19.8. The lowest BCUT2D eigenvalue weighted by molar-refractivity contribution is -0.140. The first-order valence-electron chi connectivity index (χ1n) is 12.8. The maximum atomic E-state index is 14.1. The van der Waals surface area contributed by atoms with E-state index in [1.165, 1.54) is 23.1 Å². The van der Waals surface area contributed by atoms with Crippen molar-refractivity contribution < 1.29 is 18.0 Å². The lowest BCUT2D eigenvalue weighted by Gasteiger charge is -2.33. The quantitative estimate of drug-likeness (QED) is 0.238. The molecule has 0 radical (unpaired) electrons. The van der Waals surface area contributed by atoms with Crippen LogP contribution in [0.15, 0.2) is 72.8 Å². The van der Waals surface area contributed by atoms with Crippen molar-refractivity contribution in [1.82, 2.24) is 10.2 Å². The third-order valence-corrected chi connectivity index (χ3v) is 8.11. The maximum absolute atomic E-state index is 14.1. The molecule has 0 aliphatic heterocycles. The van der Waals surface area contributed by atoms with Crippen molar-refractivity contribution in [3.63, 3.8) is 0 Å². The number of hydrogen-bond acceptors (Lipinski definition) is 4. The minimum Gasteiger partial charge on any atom is -0.354 e. The molecule has 3 aromatic carbocycles. The number of rotatable bonds is 13. The number of benzene rings is 3. The second-order valence-electron chi connectivity index (χ2n) is 9.37. The molecular weight excluding hydrogens is 593 g/mol. The van der Waals surface area contributed by atoms with E-state index in [9.17, 15) is 18.0 Å². The van der Waals surface area contributed by atoms with E-state index in [1.54, 1.807) is 24.3 Å². The van der Waals surface area contributed by atoms with E-state index in [4.69, 9.17) is 34.8 Å². The molecule has 0 unspecified atom stereocenters. The van der Waals surface area contributed by atoms with Crippen LogP contribution in [0, 0.1) is 0 Å². The summed E-state index contributed by atoms with van der Waals surface area (Å²) in [5, 5.41) is 3.78. The van der Waals surface area contributed by atoms with Crippen molar-refractivity contribution in [3.8, 4) is 0 Å². The van der Waals surface area contributed by atoms with Gasteiger partial charge in [0.1, 0.15) is 12.6 Å². The van der Waals surface area contributed by atoms with Gasteiger partial charge in [-0.1, -0.05) is 90.6 Å². The van der Waals surface area contributed by atoms with E-state index in [1.807, 2.05) is 37.3 Å². The van der Waals surface area contributed by atoms with Gasteiger partial charge in [-0.25, -0.2) is 8.42 Å². The number of nitrogens with one attached hydrogen (secondary N) is 1. The number of unbranched alkanes of at least 4 members (excludes halogenated alkanes) is 1. The standard InChI is InChI=1S/C29H32Cl3N3O4S/c1-3-4-15-33-29(37)27(17-21-9-6-5-7-10-21)34(19-22-11-8-12-23(30)16-22)28(36)20-35(40(2,38)39)26-18-24(31)13-14-25(26)32/h5-14,16,18,27H,3-4,15,17,19-20H2,1-2H3,(H,33,37)/t27-/m1/s1. The second kappa shape index (κ2) is 14.7. The molecule has 40 heavy (non-hydrogen) atoms. The number of halogens is 3. The van der Waals surface area contributed by atoms with Crippen LogP contribution < -0.4 is 9.62 Å². The fraction of sp³-hybridized carbons (Fsp3) is 0.310. The van der Waals surface area contributed by atoms with Crippen LogP contribution in [0.4, 0.5) is 5.69 Å². The SMILES string of the molecule is CCCCNC(=O)[C@@H](Cc1ccccc1)N(Cc1cccc(Cl)c1)C(=O)CN(c1cc(Cl)ccc1Cl)S(C)(=O)=O. The second-order valence-corrected chi connectivity index (χ2v) is 12.6. The summed E-state index contributed by atoms with van der Waals surface area (Å²) in [5.41, 5.74) is 1.60. The van der Waals surface area contributed by atoms with Gasteiger partial charge in [0.2, 0.25) is 21.8 Å². The van der Waals surface area contributed by atoms with E-state index < -0.39 is 28.5 Å². The van der Waals surface area contributed by atoms with Crippen LogP contribution in [0.1, 0.15) is 30.9 Å². The maximum Gasteiger partial charge on any atom is 0.244 e. The average molecular weight is 625 g/mol. The van der Waals surface area contributed by atoms with Crippen molar-refractivity contribution in [2.24, 2.45) is 0 Å². The first kappa shape index (κ1) is 31.7. The highest BCUT2D eigenvalue weighted by Crippen LogP contribution is 2.31. The summed E-state index contributed by atoms with van der Waals surface area (Å²) in [6.07, 6.45) is 2.87. The lowest BCUT2D eigenvalue weighted by Crippen LogP contribution is -2.53. The molecule has 0 fully saturated rings. The van der Waals surface area contributed by atoms with Crippen molar-refractivity contribution in [2.45, 2.75) is 38.8 Å². The van der Waals surface area contributed by atoms with Gasteiger partial charge in [0.25, 0.3) is 0 Å². The fourth-order valence-electron chi connectivity index (χ4n) is 4.16. The van der Waals surface area contributed by atoms with Gasteiger partial charge in [0, 0.05) is 29.6 Å². The van der Waals surface area contributed by atoms with Gasteiger partial charge in [-0.2, -0.15) is 0 Å². The van der Waals surface area contributed by atoms with Crippen LogP contribution in [0.5, 0.6) is 0 Å². The first-order chi connectivity index (χ1) is 19.0. The molecule has 3 aromatic rings. The Morgan fingerprint density at radius 2 is 1.57 bits per heavy atom. The number of nitrogens with zero attached hydrogens (tertiary/aromatic N) is 2. The van der Waals surface area contributed by atoms with Crippen LogP contribution in [-0.4, -0.2) is 50.5 Å². The summed E-state index contributed by atoms with van der Waals surface area (Å²) in [7, 11) is -3.97. The van der Waals surface area contributed by atoms with Crippen molar-refractivity contribution in [2.75, 3.05) is 23.7 Å². The highest BCUT2D eigenvalue weighted by molar-refractivity contribution is 7.92. The van der Waals surface area contributed by atoms with Gasteiger partial charge in [0.15, 0.2) is 0 Å². The first-order valence-corrected chi connectivity index (χ1v) is 15.8. The summed E-state index contributed by atoms with van der Waals surface area (Å²) in [5.74, 6) is -0.924.